The third kappa shape index (κ3) is 3.63. The number of benzene rings is 1. The molecule has 2 heterocycles. The summed E-state index contributed by atoms with van der Waals surface area (Å²) < 4.78 is 12.0. The molecule has 0 spiro atoms. The van der Waals surface area contributed by atoms with Crippen molar-refractivity contribution >= 4 is 12.0 Å². The Labute approximate surface area is 151 Å². The van der Waals surface area contributed by atoms with Crippen LogP contribution in [0.1, 0.15) is 17.4 Å². The molecule has 0 unspecified atom stereocenters. The third-order valence-electron chi connectivity index (χ3n) is 4.22. The standard InChI is InChI=1S/C18H22N4O4/c1-3-26-18(24)21-11-9-20(10-12-21)17(23)16-15(25-2)13-22(19-16)14-7-5-4-6-8-14/h4-8,13H,3,9-12H2,1-2H3. The summed E-state index contributed by atoms with van der Waals surface area (Å²) in [6.07, 6.45) is 1.35. The SMILES string of the molecule is CCOC(=O)N1CCN(C(=O)c2nn(-c3ccccc3)cc2OC)CC1. The lowest BCUT2D eigenvalue weighted by molar-refractivity contribution is 0.0563. The second kappa shape index (κ2) is 7.90. The summed E-state index contributed by atoms with van der Waals surface area (Å²) >= 11 is 0. The monoisotopic (exact) mass is 358 g/mol. The molecule has 1 saturated heterocycles. The van der Waals surface area contributed by atoms with Gasteiger partial charge in [-0.15, -0.1) is 0 Å². The smallest absolute Gasteiger partial charge is 0.409 e. The molecule has 1 aromatic carbocycles. The van der Waals surface area contributed by atoms with Crippen LogP contribution in [-0.2, 0) is 4.74 Å². The second-order valence-corrected chi connectivity index (χ2v) is 5.80. The number of hydrogen-bond acceptors (Lipinski definition) is 5. The Morgan fingerprint density at radius 1 is 1.08 bits per heavy atom. The quantitative estimate of drug-likeness (QED) is 0.833. The Hall–Kier alpha value is -3.03. The van der Waals surface area contributed by atoms with Crippen LogP contribution in [0.25, 0.3) is 5.69 Å². The van der Waals surface area contributed by atoms with Gasteiger partial charge in [0.2, 0.25) is 0 Å². The van der Waals surface area contributed by atoms with E-state index in [-0.39, 0.29) is 17.7 Å². The molecule has 26 heavy (non-hydrogen) atoms. The molecule has 2 amide bonds. The molecule has 8 nitrogen and oxygen atoms in total. The molecule has 3 rings (SSSR count). The molecule has 0 atom stereocenters. The predicted molar refractivity (Wildman–Crippen MR) is 94.6 cm³/mol. The van der Waals surface area contributed by atoms with Gasteiger partial charge in [-0.05, 0) is 19.1 Å². The number of amides is 2. The van der Waals surface area contributed by atoms with Crippen molar-refractivity contribution in [3.63, 3.8) is 0 Å². The van der Waals surface area contributed by atoms with Crippen LogP contribution >= 0.6 is 0 Å². The molecular formula is C18H22N4O4. The Kier molecular flexibility index (Phi) is 5.40. The lowest BCUT2D eigenvalue weighted by Crippen LogP contribution is -2.50. The maximum Gasteiger partial charge on any atom is 0.409 e. The van der Waals surface area contributed by atoms with Gasteiger partial charge >= 0.3 is 6.09 Å². The number of carbonyl (C=O) groups is 2. The summed E-state index contributed by atoms with van der Waals surface area (Å²) in [5.41, 5.74) is 1.11. The van der Waals surface area contributed by atoms with Gasteiger partial charge in [-0.2, -0.15) is 5.10 Å². The molecule has 1 fully saturated rings. The molecule has 1 aliphatic heterocycles. The molecule has 2 aromatic rings. The Bertz CT molecular complexity index is 767. The largest absolute Gasteiger partial charge is 0.493 e. The van der Waals surface area contributed by atoms with E-state index in [1.54, 1.807) is 27.6 Å². The van der Waals surface area contributed by atoms with Crippen molar-refractivity contribution in [2.75, 3.05) is 39.9 Å². The van der Waals surface area contributed by atoms with E-state index in [9.17, 15) is 9.59 Å². The van der Waals surface area contributed by atoms with Crippen molar-refractivity contribution in [2.24, 2.45) is 0 Å². The number of hydrogen-bond donors (Lipinski definition) is 0. The molecule has 0 N–H and O–H groups in total. The average Bonchev–Trinajstić information content (AvgIpc) is 3.13. The second-order valence-electron chi connectivity index (χ2n) is 5.80. The number of carbonyl (C=O) groups excluding carboxylic acids is 2. The molecule has 0 radical (unpaired) electrons. The number of ether oxygens (including phenoxy) is 2. The first kappa shape index (κ1) is 17.8. The molecule has 0 saturated carbocycles. The van der Waals surface area contributed by atoms with E-state index in [2.05, 4.69) is 5.10 Å². The predicted octanol–water partition coefficient (Wildman–Crippen LogP) is 1.80. The Balaban J connectivity index is 1.72. The molecule has 0 bridgehead atoms. The van der Waals surface area contributed by atoms with Crippen molar-refractivity contribution < 1.29 is 19.1 Å². The van der Waals surface area contributed by atoms with Crippen LogP contribution in [0.15, 0.2) is 36.5 Å². The molecule has 138 valence electrons. The molecule has 0 aliphatic carbocycles. The molecule has 1 aliphatic rings. The fraction of sp³-hybridized carbons (Fsp3) is 0.389. The van der Waals surface area contributed by atoms with Gasteiger partial charge in [-0.3, -0.25) is 4.79 Å². The Morgan fingerprint density at radius 2 is 1.73 bits per heavy atom. The summed E-state index contributed by atoms with van der Waals surface area (Å²) in [6.45, 7) is 3.84. The zero-order valence-corrected chi connectivity index (χ0v) is 14.9. The normalized spacial score (nSPS) is 14.2. The van der Waals surface area contributed by atoms with Crippen molar-refractivity contribution in [3.05, 3.63) is 42.2 Å². The van der Waals surface area contributed by atoms with Crippen molar-refractivity contribution in [2.45, 2.75) is 6.92 Å². The van der Waals surface area contributed by atoms with E-state index < -0.39 is 0 Å². The number of methoxy groups -OCH3 is 1. The lowest BCUT2D eigenvalue weighted by Gasteiger charge is -2.33. The number of nitrogens with zero attached hydrogens (tertiary/aromatic N) is 4. The fourth-order valence-electron chi connectivity index (χ4n) is 2.83. The van der Waals surface area contributed by atoms with Gasteiger partial charge in [-0.1, -0.05) is 18.2 Å². The number of rotatable bonds is 4. The minimum absolute atomic E-state index is 0.208. The van der Waals surface area contributed by atoms with Gasteiger partial charge in [0.25, 0.3) is 5.91 Å². The highest BCUT2D eigenvalue weighted by Crippen LogP contribution is 2.21. The van der Waals surface area contributed by atoms with Crippen LogP contribution < -0.4 is 4.74 Å². The van der Waals surface area contributed by atoms with Crippen LogP contribution in [-0.4, -0.2) is 71.5 Å². The van der Waals surface area contributed by atoms with Crippen molar-refractivity contribution in [1.82, 2.24) is 19.6 Å². The summed E-state index contributed by atoms with van der Waals surface area (Å²) in [5, 5.41) is 4.41. The Morgan fingerprint density at radius 3 is 2.35 bits per heavy atom. The van der Waals surface area contributed by atoms with Gasteiger partial charge in [-0.25, -0.2) is 9.48 Å². The molecule has 1 aromatic heterocycles. The average molecular weight is 358 g/mol. The summed E-state index contributed by atoms with van der Waals surface area (Å²) in [7, 11) is 1.52. The fourth-order valence-corrected chi connectivity index (χ4v) is 2.83. The van der Waals surface area contributed by atoms with Crippen LogP contribution in [0.2, 0.25) is 0 Å². The van der Waals surface area contributed by atoms with Gasteiger partial charge in [0.15, 0.2) is 11.4 Å². The maximum absolute atomic E-state index is 12.9. The molecular weight excluding hydrogens is 336 g/mol. The third-order valence-corrected chi connectivity index (χ3v) is 4.22. The first-order valence-corrected chi connectivity index (χ1v) is 8.54. The van der Waals surface area contributed by atoms with Crippen LogP contribution in [0.5, 0.6) is 5.75 Å². The summed E-state index contributed by atoms with van der Waals surface area (Å²) in [6, 6.07) is 9.52. The van der Waals surface area contributed by atoms with E-state index in [0.717, 1.165) is 5.69 Å². The highest BCUT2D eigenvalue weighted by Gasteiger charge is 2.29. The van der Waals surface area contributed by atoms with Gasteiger partial charge < -0.3 is 19.3 Å². The minimum Gasteiger partial charge on any atom is -0.493 e. The van der Waals surface area contributed by atoms with Crippen LogP contribution in [0, 0.1) is 0 Å². The topological polar surface area (TPSA) is 76.9 Å². The van der Waals surface area contributed by atoms with E-state index >= 15 is 0 Å². The molecule has 8 heteroatoms. The van der Waals surface area contributed by atoms with E-state index in [1.807, 2.05) is 30.3 Å². The summed E-state index contributed by atoms with van der Waals surface area (Å²) in [4.78, 5) is 27.9. The number of para-hydroxylation sites is 1. The number of piperazine rings is 1. The highest BCUT2D eigenvalue weighted by atomic mass is 16.6. The van der Waals surface area contributed by atoms with Crippen LogP contribution in [0.4, 0.5) is 4.79 Å². The summed E-state index contributed by atoms with van der Waals surface area (Å²) in [5.74, 6) is 0.215. The first-order chi connectivity index (χ1) is 12.6. The van der Waals surface area contributed by atoms with Gasteiger partial charge in [0.1, 0.15) is 0 Å². The lowest BCUT2D eigenvalue weighted by atomic mass is 10.3. The number of aromatic nitrogens is 2. The zero-order chi connectivity index (χ0) is 18.5. The maximum atomic E-state index is 12.9. The van der Waals surface area contributed by atoms with Crippen molar-refractivity contribution in [3.8, 4) is 11.4 Å². The van der Waals surface area contributed by atoms with Crippen molar-refractivity contribution in [1.29, 1.82) is 0 Å². The minimum atomic E-state index is -0.342. The van der Waals surface area contributed by atoms with E-state index in [4.69, 9.17) is 9.47 Å². The first-order valence-electron chi connectivity index (χ1n) is 8.54. The van der Waals surface area contributed by atoms with Gasteiger partial charge in [0, 0.05) is 26.2 Å². The van der Waals surface area contributed by atoms with Crippen LogP contribution in [0.3, 0.4) is 0 Å². The zero-order valence-electron chi connectivity index (χ0n) is 14.9. The van der Waals surface area contributed by atoms with Gasteiger partial charge in [0.05, 0.1) is 25.6 Å². The van der Waals surface area contributed by atoms with E-state index in [0.29, 0.717) is 38.5 Å². The highest BCUT2D eigenvalue weighted by molar-refractivity contribution is 5.95. The van der Waals surface area contributed by atoms with E-state index in [1.165, 1.54) is 7.11 Å².